The van der Waals surface area contributed by atoms with Crippen LogP contribution in [0.4, 0.5) is 11.6 Å². The van der Waals surface area contributed by atoms with Gasteiger partial charge in [-0.25, -0.2) is 9.97 Å². The summed E-state index contributed by atoms with van der Waals surface area (Å²) in [6.45, 7) is 6.52. The van der Waals surface area contributed by atoms with Crippen molar-refractivity contribution >= 4 is 54.8 Å². The number of aryl methyl sites for hydroxylation is 4. The van der Waals surface area contributed by atoms with Gasteiger partial charge in [-0.2, -0.15) is 0 Å². The number of pyridine rings is 2. The molecule has 1 aliphatic rings. The number of ether oxygens (including phenoxy) is 1. The predicted octanol–water partition coefficient (Wildman–Crippen LogP) is 4.86. The smallest absolute Gasteiger partial charge is 0.294 e. The lowest BCUT2D eigenvalue weighted by molar-refractivity contribution is -0.124. The molecule has 44 heavy (non-hydrogen) atoms. The summed E-state index contributed by atoms with van der Waals surface area (Å²) in [4.78, 5) is 40.2. The number of carbonyl (C=O) groups excluding carboxylic acids is 1. The Bertz CT molecular complexity index is 1650. The molecule has 236 valence electrons. The van der Waals surface area contributed by atoms with Gasteiger partial charge in [0.1, 0.15) is 17.6 Å². The number of amides is 1. The minimum atomic E-state index is -0.616. The van der Waals surface area contributed by atoms with Crippen LogP contribution in [0.1, 0.15) is 57.7 Å². The van der Waals surface area contributed by atoms with Crippen LogP contribution in [0.5, 0.6) is 5.75 Å². The molecule has 13 heteroatoms. The number of anilines is 2. The molecule has 10 nitrogen and oxygen atoms in total. The number of nitrogens with zero attached hydrogens (tertiary/aromatic N) is 4. The highest BCUT2D eigenvalue weighted by Crippen LogP contribution is 2.32. The van der Waals surface area contributed by atoms with Crippen molar-refractivity contribution in [1.82, 2.24) is 24.8 Å². The first-order valence-electron chi connectivity index (χ1n) is 13.7. The Morgan fingerprint density at radius 3 is 2.48 bits per heavy atom. The van der Waals surface area contributed by atoms with Gasteiger partial charge in [0.15, 0.2) is 5.82 Å². The van der Waals surface area contributed by atoms with E-state index in [9.17, 15) is 9.59 Å². The number of rotatable bonds is 9. The zero-order chi connectivity index (χ0) is 29.1. The number of methoxy groups -OCH3 is 1. The maximum absolute atomic E-state index is 13.6. The third kappa shape index (κ3) is 7.80. The fraction of sp³-hybridized carbons (Fsp3) is 0.323. The van der Waals surface area contributed by atoms with Gasteiger partial charge in [-0.1, -0.05) is 24.3 Å². The number of nitrogens with one attached hydrogen (secondary N) is 2. The van der Waals surface area contributed by atoms with Crippen LogP contribution in [-0.2, 0) is 17.8 Å². The van der Waals surface area contributed by atoms with Crippen molar-refractivity contribution in [2.45, 2.75) is 52.1 Å². The summed E-state index contributed by atoms with van der Waals surface area (Å²) in [7, 11) is 1.65. The molecule has 0 spiro atoms. The van der Waals surface area contributed by atoms with E-state index >= 15 is 0 Å². The molecular weight excluding hydrogens is 625 g/mol. The zero-order valence-electron chi connectivity index (χ0n) is 25.0. The Balaban J connectivity index is 0.00000225. The molecule has 1 aromatic carbocycles. The van der Waals surface area contributed by atoms with Crippen LogP contribution < -0.4 is 26.7 Å². The molecule has 1 aliphatic heterocycles. The van der Waals surface area contributed by atoms with E-state index < -0.39 is 6.04 Å². The Labute approximate surface area is 275 Å². The second-order valence-corrected chi connectivity index (χ2v) is 10.5. The molecule has 4 N–H and O–H groups in total. The summed E-state index contributed by atoms with van der Waals surface area (Å²) in [5.41, 5.74) is 11.7. The maximum atomic E-state index is 13.6. The minimum absolute atomic E-state index is 0. The van der Waals surface area contributed by atoms with Crippen molar-refractivity contribution in [3.8, 4) is 5.75 Å². The molecule has 0 unspecified atom stereocenters. The number of nitrogens with two attached hydrogens (primary N) is 1. The lowest BCUT2D eigenvalue weighted by atomic mass is 9.93. The van der Waals surface area contributed by atoms with E-state index in [1.165, 1.54) is 0 Å². The largest absolute Gasteiger partial charge is 0.496 e. The fourth-order valence-corrected chi connectivity index (χ4v) is 5.27. The summed E-state index contributed by atoms with van der Waals surface area (Å²) in [6.07, 6.45) is 4.63. The highest BCUT2D eigenvalue weighted by atomic mass is 35.5. The first-order chi connectivity index (χ1) is 19.7. The van der Waals surface area contributed by atoms with Gasteiger partial charge in [0, 0.05) is 54.0 Å². The van der Waals surface area contributed by atoms with E-state index in [0.29, 0.717) is 31.7 Å². The van der Waals surface area contributed by atoms with Gasteiger partial charge >= 0.3 is 0 Å². The van der Waals surface area contributed by atoms with Crippen LogP contribution in [0, 0.1) is 20.8 Å². The van der Waals surface area contributed by atoms with E-state index in [1.807, 2.05) is 63.4 Å². The highest BCUT2D eigenvalue weighted by molar-refractivity contribution is 5.86. The third-order valence-corrected chi connectivity index (χ3v) is 7.56. The van der Waals surface area contributed by atoms with Gasteiger partial charge in [0.25, 0.3) is 5.56 Å². The molecular formula is C31H38Cl3N7O3. The number of aromatic nitrogens is 4. The Morgan fingerprint density at radius 1 is 1.05 bits per heavy atom. The van der Waals surface area contributed by atoms with Crippen LogP contribution in [0.2, 0.25) is 0 Å². The Hall–Kier alpha value is -3.86. The second-order valence-electron chi connectivity index (χ2n) is 10.5. The Morgan fingerprint density at radius 2 is 1.80 bits per heavy atom. The summed E-state index contributed by atoms with van der Waals surface area (Å²) >= 11 is 0. The molecule has 5 rings (SSSR count). The van der Waals surface area contributed by atoms with Crippen LogP contribution >= 0.6 is 37.2 Å². The van der Waals surface area contributed by atoms with Crippen molar-refractivity contribution in [1.29, 1.82) is 0 Å². The predicted molar refractivity (Wildman–Crippen MR) is 180 cm³/mol. The van der Waals surface area contributed by atoms with Crippen molar-refractivity contribution in [3.63, 3.8) is 0 Å². The fourth-order valence-electron chi connectivity index (χ4n) is 5.27. The van der Waals surface area contributed by atoms with Gasteiger partial charge < -0.3 is 21.1 Å². The number of carbonyl (C=O) groups is 1. The van der Waals surface area contributed by atoms with E-state index in [4.69, 9.17) is 10.5 Å². The monoisotopic (exact) mass is 661 g/mol. The summed E-state index contributed by atoms with van der Waals surface area (Å²) in [6, 6.07) is 13.0. The summed E-state index contributed by atoms with van der Waals surface area (Å²) in [5, 5.41) is 6.22. The number of hydrogen-bond acceptors (Lipinski definition) is 8. The average molecular weight is 663 g/mol. The SMILES string of the molecule is COc1cc(C)ccc1[C@H](CNc1ncc2n(c1=O)[C@H](C(=O)NCc1ccc(N)nc1C)CC2)c1ccc(C)cn1.Cl.Cl.Cl. The normalized spacial score (nSPS) is 13.8. The van der Waals surface area contributed by atoms with E-state index in [0.717, 1.165) is 45.1 Å². The number of fused-ring (bicyclic) bond motifs is 1. The molecule has 4 aromatic rings. The topological polar surface area (TPSA) is 137 Å². The number of nitrogen functional groups attached to an aromatic ring is 1. The maximum Gasteiger partial charge on any atom is 0.294 e. The van der Waals surface area contributed by atoms with Gasteiger partial charge in [0.2, 0.25) is 5.91 Å². The molecule has 0 saturated carbocycles. The standard InChI is InChI=1S/C31H35N7O3.3ClH/c1-18-5-9-23(27(13-18)41-4)24(25-10-6-19(2)14-33-25)17-35-29-31(40)38-22(16-34-29)8-11-26(38)30(39)36-15-21-7-12-28(32)37-20(21)3;;;/h5-7,9-10,12-14,16,24,26H,8,11,15,17H2,1-4H3,(H2,32,37)(H,34,35)(H,36,39);3*1H/t24-,26-;;;/m0.../s1. The molecule has 4 heterocycles. The van der Waals surface area contributed by atoms with Crippen molar-refractivity contribution in [3.05, 3.63) is 105 Å². The molecule has 0 radical (unpaired) electrons. The lowest BCUT2D eigenvalue weighted by Crippen LogP contribution is -2.36. The van der Waals surface area contributed by atoms with Gasteiger partial charge in [-0.3, -0.25) is 19.1 Å². The number of hydrogen-bond donors (Lipinski definition) is 3. The average Bonchev–Trinajstić information content (AvgIpc) is 3.40. The minimum Gasteiger partial charge on any atom is -0.496 e. The van der Waals surface area contributed by atoms with Crippen molar-refractivity contribution in [2.75, 3.05) is 24.7 Å². The van der Waals surface area contributed by atoms with Gasteiger partial charge in [-0.05, 0) is 68.5 Å². The first kappa shape index (κ1) is 36.3. The number of benzene rings is 1. The second kappa shape index (κ2) is 15.7. The van der Waals surface area contributed by atoms with E-state index in [1.54, 1.807) is 23.9 Å². The van der Waals surface area contributed by atoms with Crippen LogP contribution in [0.3, 0.4) is 0 Å². The molecule has 0 aliphatic carbocycles. The van der Waals surface area contributed by atoms with Gasteiger partial charge in [-0.15, -0.1) is 37.2 Å². The van der Waals surface area contributed by atoms with E-state index in [-0.39, 0.29) is 60.4 Å². The zero-order valence-corrected chi connectivity index (χ0v) is 27.4. The van der Waals surface area contributed by atoms with Crippen molar-refractivity contribution in [2.24, 2.45) is 0 Å². The van der Waals surface area contributed by atoms with Crippen LogP contribution in [0.25, 0.3) is 0 Å². The number of halogens is 3. The lowest BCUT2D eigenvalue weighted by Gasteiger charge is -2.21. The molecule has 0 bridgehead atoms. The Kier molecular flexibility index (Phi) is 13.0. The first-order valence-corrected chi connectivity index (χ1v) is 13.7. The molecule has 0 saturated heterocycles. The molecule has 0 fully saturated rings. The van der Waals surface area contributed by atoms with Crippen LogP contribution in [-0.4, -0.2) is 39.1 Å². The molecule has 1 amide bonds. The summed E-state index contributed by atoms with van der Waals surface area (Å²) in [5.74, 6) is 0.950. The van der Waals surface area contributed by atoms with Gasteiger partial charge in [0.05, 0.1) is 7.11 Å². The quantitative estimate of drug-likeness (QED) is 0.231. The van der Waals surface area contributed by atoms with Crippen molar-refractivity contribution < 1.29 is 9.53 Å². The van der Waals surface area contributed by atoms with E-state index in [2.05, 4.69) is 25.6 Å². The molecule has 2 atom stereocenters. The summed E-state index contributed by atoms with van der Waals surface area (Å²) < 4.78 is 7.27. The highest BCUT2D eigenvalue weighted by Gasteiger charge is 2.31. The van der Waals surface area contributed by atoms with Crippen LogP contribution in [0.15, 0.2) is 59.7 Å². The third-order valence-electron chi connectivity index (χ3n) is 7.56. The molecule has 3 aromatic heterocycles.